The Hall–Kier alpha value is -3.04. The average molecular weight is 438 g/mol. The Kier molecular flexibility index (Phi) is 5.63. The van der Waals surface area contributed by atoms with E-state index in [1.165, 1.54) is 0 Å². The molecule has 160 valence electrons. The molecule has 1 atom stereocenters. The summed E-state index contributed by atoms with van der Waals surface area (Å²) in [5, 5.41) is 9.35. The van der Waals surface area contributed by atoms with Gasteiger partial charge in [0, 0.05) is 43.2 Å². The summed E-state index contributed by atoms with van der Waals surface area (Å²) in [5.41, 5.74) is 1.58. The number of anilines is 1. The van der Waals surface area contributed by atoms with E-state index in [4.69, 9.17) is 21.6 Å². The predicted molar refractivity (Wildman–Crippen MR) is 119 cm³/mol. The Morgan fingerprint density at radius 3 is 2.42 bits per heavy atom. The number of Topliss-reactive ketones (excluding diaryl/α,β-unsaturated/α-hetero) is 1. The fourth-order valence-corrected chi connectivity index (χ4v) is 4.23. The highest BCUT2D eigenvalue weighted by Crippen LogP contribution is 2.36. The summed E-state index contributed by atoms with van der Waals surface area (Å²) in [5.74, 6) is 0.852. The van der Waals surface area contributed by atoms with E-state index in [0.717, 1.165) is 18.8 Å². The van der Waals surface area contributed by atoms with Crippen molar-refractivity contribution >= 4 is 29.0 Å². The summed E-state index contributed by atoms with van der Waals surface area (Å²) in [7, 11) is 0. The molecule has 0 unspecified atom stereocenters. The molecule has 1 amide bonds. The highest BCUT2D eigenvalue weighted by molar-refractivity contribution is 6.31. The molecule has 0 radical (unpaired) electrons. The first-order valence-corrected chi connectivity index (χ1v) is 10.7. The van der Waals surface area contributed by atoms with E-state index in [2.05, 4.69) is 4.90 Å². The summed E-state index contributed by atoms with van der Waals surface area (Å²) in [6.07, 6.45) is 0.980. The number of nitriles is 1. The molecule has 0 N–H and O–H groups in total. The highest BCUT2D eigenvalue weighted by atomic mass is 35.5. The number of carbonyl (C=O) groups excluding carboxylic acids is 2. The van der Waals surface area contributed by atoms with Crippen LogP contribution in [0.2, 0.25) is 5.02 Å². The number of carbonyl (C=O) groups is 2. The number of hydrogen-bond donors (Lipinski definition) is 0. The Balaban J connectivity index is 1.40. The Bertz CT molecular complexity index is 1050. The van der Waals surface area contributed by atoms with Crippen molar-refractivity contribution in [3.05, 3.63) is 58.6 Å². The topological polar surface area (TPSA) is 73.6 Å². The smallest absolute Gasteiger partial charge is 0.254 e. The minimum Gasteiger partial charge on any atom is -0.486 e. The molecule has 2 aliphatic rings. The summed E-state index contributed by atoms with van der Waals surface area (Å²) >= 11 is 6.09. The van der Waals surface area contributed by atoms with Crippen LogP contribution < -0.4 is 9.64 Å². The van der Waals surface area contributed by atoms with Gasteiger partial charge < -0.3 is 14.5 Å². The van der Waals surface area contributed by atoms with Crippen LogP contribution in [0.5, 0.6) is 5.75 Å². The molecule has 31 heavy (non-hydrogen) atoms. The monoisotopic (exact) mass is 437 g/mol. The molecule has 2 heterocycles. The minimum atomic E-state index is -0.483. The molecule has 2 fully saturated rings. The quantitative estimate of drug-likeness (QED) is 0.721. The van der Waals surface area contributed by atoms with Crippen molar-refractivity contribution in [3.63, 3.8) is 0 Å². The maximum atomic E-state index is 13.1. The normalized spacial score (nSPS) is 20.1. The van der Waals surface area contributed by atoms with E-state index in [1.54, 1.807) is 23.1 Å². The van der Waals surface area contributed by atoms with Gasteiger partial charge in [0.2, 0.25) is 0 Å². The number of ether oxygens (including phenoxy) is 1. The maximum Gasteiger partial charge on any atom is 0.254 e. The average Bonchev–Trinajstić information content (AvgIpc) is 2.77. The predicted octanol–water partition coefficient (Wildman–Crippen LogP) is 4.06. The Morgan fingerprint density at radius 2 is 1.84 bits per heavy atom. The van der Waals surface area contributed by atoms with Crippen LogP contribution >= 0.6 is 11.6 Å². The lowest BCUT2D eigenvalue weighted by Crippen LogP contribution is -2.71. The van der Waals surface area contributed by atoms with Crippen LogP contribution in [0.25, 0.3) is 0 Å². The number of ketones is 1. The SMILES string of the molecule is CC1(C)[C@@H](Oc2ccc(C#N)c(Cl)c2)CN1C(=O)c1ccc(N2CCC(=O)CC2)cc1. The van der Waals surface area contributed by atoms with Crippen molar-refractivity contribution in [1.82, 2.24) is 4.90 Å². The van der Waals surface area contributed by atoms with E-state index in [9.17, 15) is 9.59 Å². The van der Waals surface area contributed by atoms with Gasteiger partial charge in [-0.15, -0.1) is 0 Å². The second kappa shape index (κ2) is 8.24. The van der Waals surface area contributed by atoms with Gasteiger partial charge in [-0.2, -0.15) is 5.26 Å². The second-order valence-corrected chi connectivity index (χ2v) is 8.91. The van der Waals surface area contributed by atoms with Gasteiger partial charge in [-0.3, -0.25) is 9.59 Å². The number of benzene rings is 2. The fourth-order valence-electron chi connectivity index (χ4n) is 4.02. The lowest BCUT2D eigenvalue weighted by Gasteiger charge is -2.54. The third kappa shape index (κ3) is 4.11. The van der Waals surface area contributed by atoms with Crippen molar-refractivity contribution in [1.29, 1.82) is 5.26 Å². The zero-order chi connectivity index (χ0) is 22.2. The lowest BCUT2D eigenvalue weighted by molar-refractivity contribution is -0.119. The zero-order valence-electron chi connectivity index (χ0n) is 17.6. The molecule has 2 aromatic carbocycles. The minimum absolute atomic E-state index is 0.0388. The van der Waals surface area contributed by atoms with Crippen LogP contribution in [0, 0.1) is 11.3 Å². The van der Waals surface area contributed by atoms with Crippen LogP contribution in [-0.4, -0.2) is 47.9 Å². The van der Waals surface area contributed by atoms with Crippen LogP contribution in [-0.2, 0) is 4.79 Å². The third-order valence-corrected chi connectivity index (χ3v) is 6.53. The first-order valence-electron chi connectivity index (χ1n) is 10.3. The standard InChI is InChI=1S/C24H24ClN3O3/c1-24(2)22(31-20-8-5-17(14-26)21(25)13-20)15-28(24)23(30)16-3-6-18(7-4-16)27-11-9-19(29)10-12-27/h3-8,13,22H,9-12,15H2,1-2H3/t22-/m0/s1. The van der Waals surface area contributed by atoms with Crippen molar-refractivity contribution in [2.75, 3.05) is 24.5 Å². The van der Waals surface area contributed by atoms with Crippen LogP contribution in [0.1, 0.15) is 42.6 Å². The largest absolute Gasteiger partial charge is 0.486 e. The fraction of sp³-hybridized carbons (Fsp3) is 0.375. The van der Waals surface area contributed by atoms with Gasteiger partial charge in [0.25, 0.3) is 5.91 Å². The number of rotatable bonds is 4. The van der Waals surface area contributed by atoms with E-state index >= 15 is 0 Å². The first kappa shape index (κ1) is 21.2. The molecule has 0 saturated carbocycles. The lowest BCUT2D eigenvalue weighted by atomic mass is 9.84. The maximum absolute atomic E-state index is 13.1. The molecular formula is C24H24ClN3O3. The van der Waals surface area contributed by atoms with Crippen molar-refractivity contribution in [2.24, 2.45) is 0 Å². The number of hydrogen-bond acceptors (Lipinski definition) is 5. The zero-order valence-corrected chi connectivity index (χ0v) is 18.4. The molecule has 2 aliphatic heterocycles. The molecule has 7 heteroatoms. The van der Waals surface area contributed by atoms with Gasteiger partial charge in [-0.1, -0.05) is 11.6 Å². The van der Waals surface area contributed by atoms with Gasteiger partial charge in [-0.25, -0.2) is 0 Å². The van der Waals surface area contributed by atoms with E-state index in [0.29, 0.717) is 47.1 Å². The molecule has 6 nitrogen and oxygen atoms in total. The highest BCUT2D eigenvalue weighted by Gasteiger charge is 2.50. The molecule has 0 bridgehead atoms. The molecule has 0 aromatic heterocycles. The molecule has 0 aliphatic carbocycles. The van der Waals surface area contributed by atoms with Gasteiger partial charge in [0.15, 0.2) is 0 Å². The van der Waals surface area contributed by atoms with Gasteiger partial charge in [-0.05, 0) is 50.2 Å². The van der Waals surface area contributed by atoms with Crippen LogP contribution in [0.4, 0.5) is 5.69 Å². The van der Waals surface area contributed by atoms with E-state index in [-0.39, 0.29) is 12.0 Å². The summed E-state index contributed by atoms with van der Waals surface area (Å²) in [4.78, 5) is 28.5. The van der Waals surface area contributed by atoms with Gasteiger partial charge >= 0.3 is 0 Å². The number of likely N-dealkylation sites (tertiary alicyclic amines) is 1. The number of nitrogens with zero attached hydrogens (tertiary/aromatic N) is 3. The van der Waals surface area contributed by atoms with Gasteiger partial charge in [0.05, 0.1) is 22.7 Å². The van der Waals surface area contributed by atoms with Crippen molar-refractivity contribution in [3.8, 4) is 11.8 Å². The summed E-state index contributed by atoms with van der Waals surface area (Å²) < 4.78 is 6.05. The summed E-state index contributed by atoms with van der Waals surface area (Å²) in [6, 6.07) is 14.6. The Labute approximate surface area is 187 Å². The number of halogens is 1. The molecule has 2 saturated heterocycles. The molecule has 2 aromatic rings. The molecule has 4 rings (SSSR count). The Morgan fingerprint density at radius 1 is 1.16 bits per heavy atom. The van der Waals surface area contributed by atoms with Crippen molar-refractivity contribution in [2.45, 2.75) is 38.3 Å². The number of piperidine rings is 1. The van der Waals surface area contributed by atoms with Crippen LogP contribution in [0.15, 0.2) is 42.5 Å². The molecule has 0 spiro atoms. The van der Waals surface area contributed by atoms with E-state index < -0.39 is 5.54 Å². The van der Waals surface area contributed by atoms with Crippen LogP contribution in [0.3, 0.4) is 0 Å². The first-order chi connectivity index (χ1) is 14.8. The third-order valence-electron chi connectivity index (χ3n) is 6.22. The number of amides is 1. The molecular weight excluding hydrogens is 414 g/mol. The second-order valence-electron chi connectivity index (χ2n) is 8.50. The van der Waals surface area contributed by atoms with Gasteiger partial charge in [0.1, 0.15) is 23.7 Å². The van der Waals surface area contributed by atoms with Crippen molar-refractivity contribution < 1.29 is 14.3 Å². The van der Waals surface area contributed by atoms with E-state index in [1.807, 2.05) is 44.2 Å². The summed E-state index contributed by atoms with van der Waals surface area (Å²) in [6.45, 7) is 5.87.